The zero-order chi connectivity index (χ0) is 18.4. The number of amides is 1. The molecule has 0 radical (unpaired) electrons. The molecule has 1 amide bonds. The monoisotopic (exact) mass is 346 g/mol. The van der Waals surface area contributed by atoms with Crippen LogP contribution in [0.2, 0.25) is 0 Å². The van der Waals surface area contributed by atoms with Crippen molar-refractivity contribution in [2.45, 2.75) is 46.1 Å². The molecule has 1 saturated heterocycles. The van der Waals surface area contributed by atoms with Gasteiger partial charge in [-0.05, 0) is 56.4 Å². The highest BCUT2D eigenvalue weighted by molar-refractivity contribution is 6.00. The summed E-state index contributed by atoms with van der Waals surface area (Å²) in [5.74, 6) is 0.148. The average Bonchev–Trinajstić information content (AvgIpc) is 2.85. The molecule has 0 spiro atoms. The second-order valence-electron chi connectivity index (χ2n) is 8.00. The SMILES string of the molecule is Cc1c(C(=O)N2CC[C@](C)(O)[C@H](CC(C)C)C2)[nH]c2ccc(F)cc12. The second kappa shape index (κ2) is 6.45. The van der Waals surface area contributed by atoms with Gasteiger partial charge in [0.15, 0.2) is 0 Å². The molecule has 1 aliphatic heterocycles. The summed E-state index contributed by atoms with van der Waals surface area (Å²) in [4.78, 5) is 18.0. The van der Waals surface area contributed by atoms with Crippen LogP contribution in [-0.4, -0.2) is 39.6 Å². The van der Waals surface area contributed by atoms with Crippen LogP contribution in [0.15, 0.2) is 18.2 Å². The molecule has 0 unspecified atom stereocenters. The van der Waals surface area contributed by atoms with Gasteiger partial charge in [-0.15, -0.1) is 0 Å². The van der Waals surface area contributed by atoms with Gasteiger partial charge in [0.1, 0.15) is 11.5 Å². The van der Waals surface area contributed by atoms with Crippen LogP contribution in [0, 0.1) is 24.6 Å². The number of carbonyl (C=O) groups is 1. The Labute approximate surface area is 148 Å². The number of fused-ring (bicyclic) bond motifs is 1. The molecule has 0 aliphatic carbocycles. The average molecular weight is 346 g/mol. The Hall–Kier alpha value is -1.88. The van der Waals surface area contributed by atoms with E-state index in [1.54, 1.807) is 6.07 Å². The molecule has 4 nitrogen and oxygen atoms in total. The number of piperidine rings is 1. The van der Waals surface area contributed by atoms with E-state index in [2.05, 4.69) is 18.8 Å². The summed E-state index contributed by atoms with van der Waals surface area (Å²) in [7, 11) is 0. The first-order valence-corrected chi connectivity index (χ1v) is 8.98. The molecule has 1 fully saturated rings. The normalized spacial score (nSPS) is 24.3. The quantitative estimate of drug-likeness (QED) is 0.886. The number of aliphatic hydroxyl groups is 1. The zero-order valence-electron chi connectivity index (χ0n) is 15.4. The first kappa shape index (κ1) is 17.9. The van der Waals surface area contributed by atoms with Gasteiger partial charge in [0, 0.05) is 29.9 Å². The molecule has 1 aliphatic rings. The minimum atomic E-state index is -0.736. The van der Waals surface area contributed by atoms with Crippen LogP contribution in [0.25, 0.3) is 10.9 Å². The highest BCUT2D eigenvalue weighted by Gasteiger charge is 2.39. The van der Waals surface area contributed by atoms with Gasteiger partial charge in [0.05, 0.1) is 5.60 Å². The predicted octanol–water partition coefficient (Wildman–Crippen LogP) is 3.87. The highest BCUT2D eigenvalue weighted by atomic mass is 19.1. The molecule has 2 N–H and O–H groups in total. The molecule has 3 rings (SSSR count). The fourth-order valence-corrected chi connectivity index (χ4v) is 3.87. The number of aromatic nitrogens is 1. The zero-order valence-corrected chi connectivity index (χ0v) is 15.4. The summed E-state index contributed by atoms with van der Waals surface area (Å²) in [5.41, 5.74) is 1.33. The molecule has 0 saturated carbocycles. The largest absolute Gasteiger partial charge is 0.390 e. The first-order valence-electron chi connectivity index (χ1n) is 8.98. The fraction of sp³-hybridized carbons (Fsp3) is 0.550. The maximum absolute atomic E-state index is 13.5. The lowest BCUT2D eigenvalue weighted by Crippen LogP contribution is -2.52. The minimum absolute atomic E-state index is 0.0623. The highest BCUT2D eigenvalue weighted by Crippen LogP contribution is 2.33. The number of aromatic amines is 1. The minimum Gasteiger partial charge on any atom is -0.390 e. The Balaban J connectivity index is 1.87. The molecule has 5 heteroatoms. The van der Waals surface area contributed by atoms with Crippen molar-refractivity contribution in [1.82, 2.24) is 9.88 Å². The Morgan fingerprint density at radius 2 is 2.20 bits per heavy atom. The van der Waals surface area contributed by atoms with E-state index in [0.29, 0.717) is 31.1 Å². The molecular formula is C20H27FN2O2. The molecule has 2 aromatic rings. The smallest absolute Gasteiger partial charge is 0.270 e. The molecule has 2 heterocycles. The van der Waals surface area contributed by atoms with Gasteiger partial charge in [-0.3, -0.25) is 4.79 Å². The van der Waals surface area contributed by atoms with Gasteiger partial charge >= 0.3 is 0 Å². The third kappa shape index (κ3) is 3.43. The van der Waals surface area contributed by atoms with Crippen molar-refractivity contribution in [1.29, 1.82) is 0 Å². The fourth-order valence-electron chi connectivity index (χ4n) is 3.87. The number of carbonyl (C=O) groups excluding carboxylic acids is 1. The van der Waals surface area contributed by atoms with Gasteiger partial charge in [-0.25, -0.2) is 4.39 Å². The summed E-state index contributed by atoms with van der Waals surface area (Å²) < 4.78 is 13.5. The standard InChI is InChI=1S/C20H27FN2O2/c1-12(2)9-14-11-23(8-7-20(14,4)25)19(24)18-13(3)16-10-15(21)5-6-17(16)22-18/h5-6,10,12,14,22,25H,7-9,11H2,1-4H3/t14-,20+/m1/s1. The number of halogens is 1. The van der Waals surface area contributed by atoms with E-state index in [-0.39, 0.29) is 17.6 Å². The second-order valence-corrected chi connectivity index (χ2v) is 8.00. The van der Waals surface area contributed by atoms with E-state index in [4.69, 9.17) is 0 Å². The van der Waals surface area contributed by atoms with Crippen LogP contribution in [0.5, 0.6) is 0 Å². The maximum Gasteiger partial charge on any atom is 0.270 e. The summed E-state index contributed by atoms with van der Waals surface area (Å²) in [6.07, 6.45) is 1.46. The molecule has 1 aromatic heterocycles. The van der Waals surface area contributed by atoms with Crippen molar-refractivity contribution in [3.63, 3.8) is 0 Å². The van der Waals surface area contributed by atoms with Crippen LogP contribution >= 0.6 is 0 Å². The van der Waals surface area contributed by atoms with Crippen molar-refractivity contribution in [2.75, 3.05) is 13.1 Å². The predicted molar refractivity (Wildman–Crippen MR) is 97.1 cm³/mol. The van der Waals surface area contributed by atoms with Crippen LogP contribution in [0.3, 0.4) is 0 Å². The van der Waals surface area contributed by atoms with E-state index in [0.717, 1.165) is 22.9 Å². The van der Waals surface area contributed by atoms with Gasteiger partial charge in [-0.1, -0.05) is 13.8 Å². The van der Waals surface area contributed by atoms with Crippen molar-refractivity contribution >= 4 is 16.8 Å². The van der Waals surface area contributed by atoms with Crippen LogP contribution in [0.4, 0.5) is 4.39 Å². The summed E-state index contributed by atoms with van der Waals surface area (Å²) in [6, 6.07) is 4.51. The van der Waals surface area contributed by atoms with Crippen molar-refractivity contribution < 1.29 is 14.3 Å². The lowest BCUT2D eigenvalue weighted by atomic mass is 9.78. The summed E-state index contributed by atoms with van der Waals surface area (Å²) in [6.45, 7) is 9.06. The number of hydrogen-bond acceptors (Lipinski definition) is 2. The number of aryl methyl sites for hydroxylation is 1. The molecule has 1 aromatic carbocycles. The number of rotatable bonds is 3. The van der Waals surface area contributed by atoms with E-state index < -0.39 is 5.60 Å². The Morgan fingerprint density at radius 3 is 2.88 bits per heavy atom. The van der Waals surface area contributed by atoms with Gasteiger partial charge in [0.2, 0.25) is 0 Å². The van der Waals surface area contributed by atoms with E-state index in [1.807, 2.05) is 18.7 Å². The number of nitrogens with zero attached hydrogens (tertiary/aromatic N) is 1. The van der Waals surface area contributed by atoms with Gasteiger partial charge in [-0.2, -0.15) is 0 Å². The van der Waals surface area contributed by atoms with Gasteiger partial charge in [0.25, 0.3) is 5.91 Å². The summed E-state index contributed by atoms with van der Waals surface area (Å²) >= 11 is 0. The molecule has 2 atom stereocenters. The first-order chi connectivity index (χ1) is 11.7. The van der Waals surface area contributed by atoms with Crippen LogP contribution < -0.4 is 0 Å². The van der Waals surface area contributed by atoms with Crippen molar-refractivity contribution in [3.8, 4) is 0 Å². The number of likely N-dealkylation sites (tertiary alicyclic amines) is 1. The molecule has 25 heavy (non-hydrogen) atoms. The lowest BCUT2D eigenvalue weighted by molar-refractivity contribution is -0.0578. The third-order valence-electron chi connectivity index (χ3n) is 5.49. The Morgan fingerprint density at radius 1 is 1.48 bits per heavy atom. The number of H-pyrrole nitrogens is 1. The van der Waals surface area contributed by atoms with E-state index in [1.165, 1.54) is 12.1 Å². The number of hydrogen-bond donors (Lipinski definition) is 2. The number of nitrogens with one attached hydrogen (secondary N) is 1. The molecular weight excluding hydrogens is 319 g/mol. The van der Waals surface area contributed by atoms with Crippen LogP contribution in [0.1, 0.15) is 49.7 Å². The lowest BCUT2D eigenvalue weighted by Gasteiger charge is -2.43. The number of benzene rings is 1. The molecule has 136 valence electrons. The van der Waals surface area contributed by atoms with E-state index in [9.17, 15) is 14.3 Å². The third-order valence-corrected chi connectivity index (χ3v) is 5.49. The Bertz CT molecular complexity index is 794. The summed E-state index contributed by atoms with van der Waals surface area (Å²) in [5, 5.41) is 11.4. The van der Waals surface area contributed by atoms with Crippen LogP contribution in [-0.2, 0) is 0 Å². The van der Waals surface area contributed by atoms with Gasteiger partial charge < -0.3 is 15.0 Å². The van der Waals surface area contributed by atoms with Crippen molar-refractivity contribution in [3.05, 3.63) is 35.3 Å². The van der Waals surface area contributed by atoms with E-state index >= 15 is 0 Å². The topological polar surface area (TPSA) is 56.3 Å². The maximum atomic E-state index is 13.5. The van der Waals surface area contributed by atoms with Crippen molar-refractivity contribution in [2.24, 2.45) is 11.8 Å². The Kier molecular flexibility index (Phi) is 4.62. The molecule has 0 bridgehead atoms.